The van der Waals surface area contributed by atoms with E-state index in [1.54, 1.807) is 23.7 Å². The Labute approximate surface area is 153 Å². The average Bonchev–Trinajstić information content (AvgIpc) is 3.12. The largest absolute Gasteiger partial charge is 0.393 e. The van der Waals surface area contributed by atoms with Gasteiger partial charge in [-0.2, -0.15) is 11.3 Å². The molecule has 0 aliphatic heterocycles. The first-order chi connectivity index (χ1) is 12.2. The molecule has 4 heteroatoms. The van der Waals surface area contributed by atoms with Crippen LogP contribution < -0.4 is 0 Å². The van der Waals surface area contributed by atoms with Crippen molar-refractivity contribution >= 4 is 11.3 Å². The Morgan fingerprint density at radius 2 is 1.80 bits per heavy atom. The standard InChI is InChI=1S/C21H24N2OS/c1-16-6-9-22-20(12-16)21-14-18(7-10-23-21)13-19(24)5-3-2-4-17-8-11-25-15-17/h6-12,14-15,19,24H,2-5,13H2,1H3. The minimum absolute atomic E-state index is 0.303. The lowest BCUT2D eigenvalue weighted by Crippen LogP contribution is -2.10. The van der Waals surface area contributed by atoms with Gasteiger partial charge in [-0.15, -0.1) is 0 Å². The van der Waals surface area contributed by atoms with Crippen LogP contribution in [-0.2, 0) is 12.8 Å². The highest BCUT2D eigenvalue weighted by Crippen LogP contribution is 2.18. The molecular weight excluding hydrogens is 328 g/mol. The third kappa shape index (κ3) is 5.48. The zero-order valence-corrected chi connectivity index (χ0v) is 15.4. The van der Waals surface area contributed by atoms with Gasteiger partial charge < -0.3 is 5.11 Å². The summed E-state index contributed by atoms with van der Waals surface area (Å²) in [6.07, 6.45) is 8.10. The van der Waals surface area contributed by atoms with Crippen LogP contribution >= 0.6 is 11.3 Å². The number of hydrogen-bond acceptors (Lipinski definition) is 4. The molecule has 0 aromatic carbocycles. The molecule has 0 aliphatic rings. The number of aliphatic hydroxyl groups excluding tert-OH is 1. The summed E-state index contributed by atoms with van der Waals surface area (Å²) in [5, 5.41) is 14.7. The van der Waals surface area contributed by atoms with Crippen LogP contribution in [0.5, 0.6) is 0 Å². The maximum Gasteiger partial charge on any atom is 0.0888 e. The second-order valence-electron chi connectivity index (χ2n) is 6.50. The van der Waals surface area contributed by atoms with Gasteiger partial charge in [0, 0.05) is 12.4 Å². The highest BCUT2D eigenvalue weighted by molar-refractivity contribution is 7.07. The third-order valence-corrected chi connectivity index (χ3v) is 5.04. The Bertz CT molecular complexity index is 786. The molecule has 25 heavy (non-hydrogen) atoms. The molecule has 0 fully saturated rings. The molecule has 3 rings (SSSR count). The first-order valence-electron chi connectivity index (χ1n) is 8.78. The molecule has 0 saturated carbocycles. The van der Waals surface area contributed by atoms with Crippen molar-refractivity contribution in [3.05, 3.63) is 70.2 Å². The number of thiophene rings is 1. The van der Waals surface area contributed by atoms with Crippen molar-refractivity contribution in [2.45, 2.75) is 45.1 Å². The monoisotopic (exact) mass is 352 g/mol. The molecule has 1 atom stereocenters. The van der Waals surface area contributed by atoms with Crippen LogP contribution in [0.2, 0.25) is 0 Å². The molecule has 3 aromatic rings. The fourth-order valence-electron chi connectivity index (χ4n) is 2.94. The van der Waals surface area contributed by atoms with E-state index < -0.39 is 0 Å². The fraction of sp³-hybridized carbons (Fsp3) is 0.333. The number of aliphatic hydroxyl groups is 1. The van der Waals surface area contributed by atoms with E-state index in [4.69, 9.17) is 0 Å². The fourth-order valence-corrected chi connectivity index (χ4v) is 3.64. The van der Waals surface area contributed by atoms with Gasteiger partial charge in [0.2, 0.25) is 0 Å². The molecule has 3 aromatic heterocycles. The van der Waals surface area contributed by atoms with Gasteiger partial charge in [0.25, 0.3) is 0 Å². The van der Waals surface area contributed by atoms with E-state index in [0.717, 1.165) is 42.6 Å². The summed E-state index contributed by atoms with van der Waals surface area (Å²) in [5.74, 6) is 0. The Hall–Kier alpha value is -2.04. The van der Waals surface area contributed by atoms with Crippen molar-refractivity contribution in [2.75, 3.05) is 0 Å². The van der Waals surface area contributed by atoms with Gasteiger partial charge in [0.1, 0.15) is 0 Å². The Kier molecular flexibility index (Phi) is 6.31. The molecule has 0 aliphatic carbocycles. The topological polar surface area (TPSA) is 46.0 Å². The van der Waals surface area contributed by atoms with Crippen LogP contribution in [0.3, 0.4) is 0 Å². The lowest BCUT2D eigenvalue weighted by molar-refractivity contribution is 0.161. The van der Waals surface area contributed by atoms with Crippen molar-refractivity contribution < 1.29 is 5.11 Å². The van der Waals surface area contributed by atoms with Gasteiger partial charge in [-0.25, -0.2) is 0 Å². The summed E-state index contributed by atoms with van der Waals surface area (Å²) < 4.78 is 0. The van der Waals surface area contributed by atoms with Gasteiger partial charge in [0.15, 0.2) is 0 Å². The van der Waals surface area contributed by atoms with E-state index in [2.05, 4.69) is 33.7 Å². The summed E-state index contributed by atoms with van der Waals surface area (Å²) in [4.78, 5) is 8.81. The number of aromatic nitrogens is 2. The first kappa shape index (κ1) is 17.8. The zero-order chi connectivity index (χ0) is 17.5. The van der Waals surface area contributed by atoms with E-state index >= 15 is 0 Å². The summed E-state index contributed by atoms with van der Waals surface area (Å²) in [6, 6.07) is 10.2. The lowest BCUT2D eigenvalue weighted by atomic mass is 10.0. The Balaban J connectivity index is 1.51. The quantitative estimate of drug-likeness (QED) is 0.591. The minimum atomic E-state index is -0.303. The number of unbranched alkanes of at least 4 members (excludes halogenated alkanes) is 1. The molecule has 130 valence electrons. The highest BCUT2D eigenvalue weighted by Gasteiger charge is 2.08. The summed E-state index contributed by atoms with van der Waals surface area (Å²) in [7, 11) is 0. The number of pyridine rings is 2. The number of aryl methyl sites for hydroxylation is 2. The summed E-state index contributed by atoms with van der Waals surface area (Å²) >= 11 is 1.75. The minimum Gasteiger partial charge on any atom is -0.393 e. The van der Waals surface area contributed by atoms with Gasteiger partial charge in [-0.1, -0.05) is 6.42 Å². The number of rotatable bonds is 8. The normalized spacial score (nSPS) is 12.2. The summed E-state index contributed by atoms with van der Waals surface area (Å²) in [6.45, 7) is 2.05. The van der Waals surface area contributed by atoms with Gasteiger partial charge in [0.05, 0.1) is 17.5 Å². The molecule has 3 nitrogen and oxygen atoms in total. The molecule has 3 heterocycles. The van der Waals surface area contributed by atoms with E-state index in [1.165, 1.54) is 11.1 Å². The first-order valence-corrected chi connectivity index (χ1v) is 9.72. The lowest BCUT2D eigenvalue weighted by Gasteiger charge is -2.11. The summed E-state index contributed by atoms with van der Waals surface area (Å²) in [5.41, 5.74) is 5.43. The van der Waals surface area contributed by atoms with E-state index in [0.29, 0.717) is 6.42 Å². The second kappa shape index (κ2) is 8.88. The smallest absolute Gasteiger partial charge is 0.0888 e. The zero-order valence-electron chi connectivity index (χ0n) is 14.6. The SMILES string of the molecule is Cc1ccnc(-c2cc(CC(O)CCCCc3ccsc3)ccn2)c1. The third-order valence-electron chi connectivity index (χ3n) is 4.31. The maximum absolute atomic E-state index is 10.3. The molecule has 1 unspecified atom stereocenters. The van der Waals surface area contributed by atoms with Crippen molar-refractivity contribution in [1.82, 2.24) is 9.97 Å². The van der Waals surface area contributed by atoms with Gasteiger partial charge in [-0.3, -0.25) is 9.97 Å². The van der Waals surface area contributed by atoms with Crippen LogP contribution in [-0.4, -0.2) is 21.2 Å². The van der Waals surface area contributed by atoms with E-state index in [1.807, 2.05) is 24.3 Å². The van der Waals surface area contributed by atoms with Crippen molar-refractivity contribution in [3.8, 4) is 11.4 Å². The molecule has 0 amide bonds. The second-order valence-corrected chi connectivity index (χ2v) is 7.28. The van der Waals surface area contributed by atoms with Crippen LogP contribution in [0.4, 0.5) is 0 Å². The van der Waals surface area contributed by atoms with Crippen molar-refractivity contribution in [3.63, 3.8) is 0 Å². The van der Waals surface area contributed by atoms with Gasteiger partial charge in [-0.05, 0) is 90.4 Å². The predicted molar refractivity (Wildman–Crippen MR) is 104 cm³/mol. The highest BCUT2D eigenvalue weighted by atomic mass is 32.1. The molecular formula is C21H24N2OS. The van der Waals surface area contributed by atoms with Crippen molar-refractivity contribution in [2.24, 2.45) is 0 Å². The predicted octanol–water partition coefficient (Wildman–Crippen LogP) is 4.83. The van der Waals surface area contributed by atoms with E-state index in [9.17, 15) is 5.11 Å². The maximum atomic E-state index is 10.3. The van der Waals surface area contributed by atoms with Gasteiger partial charge >= 0.3 is 0 Å². The van der Waals surface area contributed by atoms with Crippen LogP contribution in [0.1, 0.15) is 36.0 Å². The molecule has 0 bridgehead atoms. The molecule has 1 N–H and O–H groups in total. The Morgan fingerprint density at radius 1 is 1.00 bits per heavy atom. The number of nitrogens with zero attached hydrogens (tertiary/aromatic N) is 2. The van der Waals surface area contributed by atoms with Crippen LogP contribution in [0.15, 0.2) is 53.5 Å². The number of hydrogen-bond donors (Lipinski definition) is 1. The Morgan fingerprint density at radius 3 is 2.56 bits per heavy atom. The molecule has 0 radical (unpaired) electrons. The van der Waals surface area contributed by atoms with Crippen LogP contribution in [0, 0.1) is 6.92 Å². The van der Waals surface area contributed by atoms with Crippen LogP contribution in [0.25, 0.3) is 11.4 Å². The van der Waals surface area contributed by atoms with Crippen molar-refractivity contribution in [1.29, 1.82) is 0 Å². The van der Waals surface area contributed by atoms with E-state index in [-0.39, 0.29) is 6.10 Å². The molecule has 0 spiro atoms. The molecule has 0 saturated heterocycles. The average molecular weight is 353 g/mol.